The molecule has 0 N–H and O–H groups in total. The minimum atomic E-state index is -4.98. The van der Waals surface area contributed by atoms with Crippen LogP contribution in [0.5, 0.6) is 0 Å². The molecule has 0 radical (unpaired) electrons. The van der Waals surface area contributed by atoms with Crippen molar-refractivity contribution in [1.29, 1.82) is 0 Å². The smallest absolute Gasteiger partial charge is 0.327 e. The predicted molar refractivity (Wildman–Crippen MR) is 97.1 cm³/mol. The molecule has 3 aromatic rings. The molecule has 0 saturated heterocycles. The number of benzene rings is 2. The first-order valence-corrected chi connectivity index (χ1v) is 9.10. The van der Waals surface area contributed by atoms with E-state index < -0.39 is 17.4 Å². The third-order valence-corrected chi connectivity index (χ3v) is 5.34. The fraction of sp³-hybridized carbons (Fsp3) is 0.316. The van der Waals surface area contributed by atoms with Gasteiger partial charge in [0.2, 0.25) is 5.67 Å². The number of hydrogen-bond donors (Lipinski definition) is 0. The molecule has 7 heteroatoms. The van der Waals surface area contributed by atoms with Gasteiger partial charge in [0, 0.05) is 23.1 Å². The molecule has 1 heterocycles. The van der Waals surface area contributed by atoms with Crippen LogP contribution >= 0.6 is 11.8 Å². The van der Waals surface area contributed by atoms with E-state index in [2.05, 4.69) is 4.98 Å². The average molecular weight is 382 g/mol. The van der Waals surface area contributed by atoms with E-state index in [0.717, 1.165) is 22.3 Å². The predicted octanol–water partition coefficient (Wildman–Crippen LogP) is 6.10. The molecular formula is C19H18F4N2S. The number of halogens is 4. The minimum absolute atomic E-state index is 0.428. The van der Waals surface area contributed by atoms with Gasteiger partial charge in [-0.1, -0.05) is 31.2 Å². The maximum Gasteiger partial charge on any atom is 0.426 e. The van der Waals surface area contributed by atoms with E-state index in [1.165, 1.54) is 12.1 Å². The third kappa shape index (κ3) is 3.09. The van der Waals surface area contributed by atoms with E-state index in [4.69, 9.17) is 0 Å². The molecule has 2 nitrogen and oxygen atoms in total. The first kappa shape index (κ1) is 18.8. The van der Waals surface area contributed by atoms with Crippen molar-refractivity contribution >= 4 is 22.8 Å². The largest absolute Gasteiger partial charge is 0.426 e. The molecule has 0 aliphatic rings. The molecule has 138 valence electrons. The van der Waals surface area contributed by atoms with E-state index in [-0.39, 0.29) is 0 Å². The standard InChI is InChI=1S/C19H18F4N2S/c1-4-26-16-8-6-5-7-13(16)17-24-14-10-9-12(11-15(14)25(17)3)18(2,20)19(21,22)23/h5-11H,4H2,1-3H3. The molecule has 3 rings (SSSR count). The van der Waals surface area contributed by atoms with Gasteiger partial charge in [0.15, 0.2) is 0 Å². The van der Waals surface area contributed by atoms with Crippen LogP contribution in [0.4, 0.5) is 17.6 Å². The summed E-state index contributed by atoms with van der Waals surface area (Å²) in [5.74, 6) is 1.53. The van der Waals surface area contributed by atoms with Crippen molar-refractivity contribution in [3.05, 3.63) is 48.0 Å². The lowest BCUT2D eigenvalue weighted by Gasteiger charge is -2.24. The van der Waals surface area contributed by atoms with Crippen LogP contribution in [-0.2, 0) is 12.7 Å². The molecular weight excluding hydrogens is 364 g/mol. The van der Waals surface area contributed by atoms with Gasteiger partial charge in [0.05, 0.1) is 11.0 Å². The molecule has 1 unspecified atom stereocenters. The van der Waals surface area contributed by atoms with Crippen LogP contribution in [0.25, 0.3) is 22.4 Å². The number of rotatable bonds is 4. The van der Waals surface area contributed by atoms with Crippen molar-refractivity contribution in [2.75, 3.05) is 5.75 Å². The van der Waals surface area contributed by atoms with Crippen LogP contribution < -0.4 is 0 Å². The highest BCUT2D eigenvalue weighted by Gasteiger charge is 2.53. The summed E-state index contributed by atoms with van der Waals surface area (Å²) in [6.45, 7) is 2.58. The lowest BCUT2D eigenvalue weighted by molar-refractivity contribution is -0.228. The Bertz CT molecular complexity index is 944. The minimum Gasteiger partial charge on any atom is -0.327 e. The van der Waals surface area contributed by atoms with Crippen LogP contribution in [0, 0.1) is 0 Å². The average Bonchev–Trinajstić information content (AvgIpc) is 2.91. The fourth-order valence-electron chi connectivity index (χ4n) is 2.82. The van der Waals surface area contributed by atoms with Crippen molar-refractivity contribution in [2.24, 2.45) is 7.05 Å². The van der Waals surface area contributed by atoms with Crippen molar-refractivity contribution in [2.45, 2.75) is 30.6 Å². The Hall–Kier alpha value is -2.02. The summed E-state index contributed by atoms with van der Waals surface area (Å²) in [6.07, 6.45) is -4.98. The number of thioether (sulfide) groups is 1. The quantitative estimate of drug-likeness (QED) is 0.401. The molecule has 0 fully saturated rings. The summed E-state index contributed by atoms with van der Waals surface area (Å²) in [7, 11) is 1.73. The lowest BCUT2D eigenvalue weighted by Crippen LogP contribution is -2.34. The fourth-order valence-corrected chi connectivity index (χ4v) is 3.62. The van der Waals surface area contributed by atoms with E-state index in [1.807, 2.05) is 31.2 Å². The van der Waals surface area contributed by atoms with Crippen LogP contribution in [0.15, 0.2) is 47.4 Å². The number of fused-ring (bicyclic) bond motifs is 1. The van der Waals surface area contributed by atoms with Gasteiger partial charge in [0.1, 0.15) is 5.82 Å². The Kier molecular flexibility index (Phi) is 4.77. The summed E-state index contributed by atoms with van der Waals surface area (Å²) in [5.41, 5.74) is -1.95. The van der Waals surface area contributed by atoms with Gasteiger partial charge in [-0.3, -0.25) is 0 Å². The number of aromatic nitrogens is 2. The number of aryl methyl sites for hydroxylation is 1. The van der Waals surface area contributed by atoms with Gasteiger partial charge in [0.25, 0.3) is 0 Å². The Morgan fingerprint density at radius 3 is 2.42 bits per heavy atom. The van der Waals surface area contributed by atoms with Crippen molar-refractivity contribution in [1.82, 2.24) is 9.55 Å². The summed E-state index contributed by atoms with van der Waals surface area (Å²) >= 11 is 1.66. The monoisotopic (exact) mass is 382 g/mol. The molecule has 2 aromatic carbocycles. The summed E-state index contributed by atoms with van der Waals surface area (Å²) in [4.78, 5) is 5.60. The van der Waals surface area contributed by atoms with Crippen LogP contribution in [0.3, 0.4) is 0 Å². The Labute approximate surface area is 153 Å². The Morgan fingerprint density at radius 2 is 1.77 bits per heavy atom. The normalized spacial score (nSPS) is 14.6. The molecule has 0 aliphatic heterocycles. The van der Waals surface area contributed by atoms with Gasteiger partial charge < -0.3 is 4.57 Å². The first-order valence-electron chi connectivity index (χ1n) is 8.11. The van der Waals surface area contributed by atoms with E-state index in [1.54, 1.807) is 23.4 Å². The van der Waals surface area contributed by atoms with Gasteiger partial charge in [-0.05, 0) is 30.9 Å². The Morgan fingerprint density at radius 1 is 1.08 bits per heavy atom. The van der Waals surface area contributed by atoms with Crippen molar-refractivity contribution in [3.8, 4) is 11.4 Å². The van der Waals surface area contributed by atoms with Gasteiger partial charge >= 0.3 is 6.18 Å². The third-order valence-electron chi connectivity index (χ3n) is 4.38. The van der Waals surface area contributed by atoms with Gasteiger partial charge in [-0.15, -0.1) is 11.8 Å². The van der Waals surface area contributed by atoms with Gasteiger partial charge in [-0.2, -0.15) is 13.2 Å². The summed E-state index contributed by atoms with van der Waals surface area (Å²) in [5, 5.41) is 0. The Balaban J connectivity index is 2.16. The highest BCUT2D eigenvalue weighted by atomic mass is 32.2. The number of nitrogens with zero attached hydrogens (tertiary/aromatic N) is 2. The topological polar surface area (TPSA) is 17.8 Å². The van der Waals surface area contributed by atoms with E-state index >= 15 is 0 Å². The number of hydrogen-bond acceptors (Lipinski definition) is 2. The maximum atomic E-state index is 14.3. The SMILES string of the molecule is CCSc1ccccc1-c1nc2ccc(C(C)(F)C(F)(F)F)cc2n1C. The van der Waals surface area contributed by atoms with Crippen LogP contribution in [0.2, 0.25) is 0 Å². The molecule has 1 aromatic heterocycles. The number of imidazole rings is 1. The zero-order chi connectivity index (χ0) is 19.1. The molecule has 26 heavy (non-hydrogen) atoms. The van der Waals surface area contributed by atoms with Crippen molar-refractivity contribution < 1.29 is 17.6 Å². The molecule has 0 spiro atoms. The maximum absolute atomic E-state index is 14.3. The molecule has 0 bridgehead atoms. The molecule has 1 atom stereocenters. The lowest BCUT2D eigenvalue weighted by atomic mass is 9.97. The van der Waals surface area contributed by atoms with Crippen LogP contribution in [-0.4, -0.2) is 21.5 Å². The molecule has 0 amide bonds. The second kappa shape index (κ2) is 6.61. The number of alkyl halides is 4. The van der Waals surface area contributed by atoms with Gasteiger partial charge in [-0.25, -0.2) is 9.37 Å². The zero-order valence-electron chi connectivity index (χ0n) is 14.6. The second-order valence-electron chi connectivity index (χ2n) is 6.13. The first-order chi connectivity index (χ1) is 12.2. The molecule has 0 aliphatic carbocycles. The molecule has 0 saturated carbocycles. The zero-order valence-corrected chi connectivity index (χ0v) is 15.4. The van der Waals surface area contributed by atoms with E-state index in [0.29, 0.717) is 23.8 Å². The van der Waals surface area contributed by atoms with Crippen molar-refractivity contribution in [3.63, 3.8) is 0 Å². The summed E-state index contributed by atoms with van der Waals surface area (Å²) < 4.78 is 55.1. The van der Waals surface area contributed by atoms with Crippen LogP contribution in [0.1, 0.15) is 19.4 Å². The highest BCUT2D eigenvalue weighted by molar-refractivity contribution is 7.99. The van der Waals surface area contributed by atoms with E-state index in [9.17, 15) is 17.6 Å². The highest BCUT2D eigenvalue weighted by Crippen LogP contribution is 2.43. The summed E-state index contributed by atoms with van der Waals surface area (Å²) in [6, 6.07) is 11.6. The second-order valence-corrected chi connectivity index (χ2v) is 7.43.